The average molecular weight is 256 g/mol. The van der Waals surface area contributed by atoms with Crippen LogP contribution in [0.4, 0.5) is 0 Å². The molecule has 0 radical (unpaired) electrons. The third-order valence-corrected chi connectivity index (χ3v) is 3.07. The Morgan fingerprint density at radius 3 is 2.78 bits per heavy atom. The van der Waals surface area contributed by atoms with Gasteiger partial charge in [-0.3, -0.25) is 14.3 Å². The van der Waals surface area contributed by atoms with Gasteiger partial charge >= 0.3 is 5.69 Å². The van der Waals surface area contributed by atoms with Crippen LogP contribution in [0, 0.1) is 6.92 Å². The molecule has 0 amide bonds. The summed E-state index contributed by atoms with van der Waals surface area (Å²) in [4.78, 5) is 25.1. The molecule has 1 fully saturated rings. The van der Waals surface area contributed by atoms with Gasteiger partial charge in [-0.05, 0) is 13.8 Å². The van der Waals surface area contributed by atoms with Gasteiger partial charge in [0.25, 0.3) is 5.56 Å². The molecule has 0 aromatic carbocycles. The molecule has 7 nitrogen and oxygen atoms in total. The number of H-pyrrole nitrogens is 1. The maximum Gasteiger partial charge on any atom is 0.330 e. The fourth-order valence-electron chi connectivity index (χ4n) is 2.08. The van der Waals surface area contributed by atoms with Crippen LogP contribution in [0.3, 0.4) is 0 Å². The van der Waals surface area contributed by atoms with Gasteiger partial charge in [0.2, 0.25) is 0 Å². The van der Waals surface area contributed by atoms with Crippen molar-refractivity contribution >= 4 is 0 Å². The Morgan fingerprint density at radius 2 is 2.22 bits per heavy atom. The highest BCUT2D eigenvalue weighted by Crippen LogP contribution is 2.29. The molecule has 0 spiro atoms. The van der Waals surface area contributed by atoms with E-state index in [-0.39, 0.29) is 6.42 Å². The Labute approximate surface area is 103 Å². The Morgan fingerprint density at radius 1 is 1.56 bits per heavy atom. The van der Waals surface area contributed by atoms with Gasteiger partial charge < -0.3 is 14.9 Å². The first-order valence-corrected chi connectivity index (χ1v) is 5.74. The van der Waals surface area contributed by atoms with Crippen molar-refractivity contribution in [3.05, 3.63) is 32.6 Å². The molecule has 1 unspecified atom stereocenters. The molecule has 100 valence electrons. The second-order valence-corrected chi connectivity index (χ2v) is 4.58. The van der Waals surface area contributed by atoms with Crippen LogP contribution >= 0.6 is 0 Å². The normalized spacial score (nSPS) is 29.4. The van der Waals surface area contributed by atoms with Gasteiger partial charge in [0.15, 0.2) is 0 Å². The Balaban J connectivity index is 2.32. The first-order valence-electron chi connectivity index (χ1n) is 5.74. The quantitative estimate of drug-likeness (QED) is 0.621. The summed E-state index contributed by atoms with van der Waals surface area (Å²) in [7, 11) is 0. The maximum absolute atomic E-state index is 11.6. The van der Waals surface area contributed by atoms with E-state index in [0.29, 0.717) is 5.56 Å². The lowest BCUT2D eigenvalue weighted by Crippen LogP contribution is -2.34. The van der Waals surface area contributed by atoms with Crippen molar-refractivity contribution in [3.8, 4) is 0 Å². The molecule has 0 bridgehead atoms. The van der Waals surface area contributed by atoms with Gasteiger partial charge in [0.05, 0.1) is 12.2 Å². The lowest BCUT2D eigenvalue weighted by atomic mass is 10.1. The molecule has 18 heavy (non-hydrogen) atoms. The predicted molar refractivity (Wildman–Crippen MR) is 62.3 cm³/mol. The molecule has 2 heterocycles. The van der Waals surface area contributed by atoms with Crippen molar-refractivity contribution in [1.29, 1.82) is 0 Å². The number of aliphatic hydroxyl groups is 2. The smallest absolute Gasteiger partial charge is 0.330 e. The van der Waals surface area contributed by atoms with E-state index >= 15 is 0 Å². The van der Waals surface area contributed by atoms with E-state index in [0.717, 1.165) is 0 Å². The van der Waals surface area contributed by atoms with Gasteiger partial charge in [0, 0.05) is 18.2 Å². The monoisotopic (exact) mass is 256 g/mol. The second-order valence-electron chi connectivity index (χ2n) is 4.58. The van der Waals surface area contributed by atoms with Crippen molar-refractivity contribution in [2.45, 2.75) is 44.8 Å². The minimum atomic E-state index is -0.839. The third-order valence-electron chi connectivity index (χ3n) is 3.07. The van der Waals surface area contributed by atoms with Crippen LogP contribution in [-0.4, -0.2) is 38.1 Å². The molecule has 3 N–H and O–H groups in total. The standard InChI is InChI=1S/C11H16N2O5/c1-5-4-13(11(17)12-10(5)16)8-3-7(15)9(18-8)6(2)14/h4,6-9,14-15H,3H2,1-2H3,(H,12,16,17)/t6-,7?,8-,9-/m1/s1. The van der Waals surface area contributed by atoms with Crippen LogP contribution in [0.25, 0.3) is 0 Å². The maximum atomic E-state index is 11.6. The predicted octanol–water partition coefficient (Wildman–Crippen LogP) is -1.13. The van der Waals surface area contributed by atoms with Crippen molar-refractivity contribution in [1.82, 2.24) is 9.55 Å². The van der Waals surface area contributed by atoms with E-state index in [2.05, 4.69) is 4.98 Å². The average Bonchev–Trinajstić information content (AvgIpc) is 2.65. The number of ether oxygens (including phenoxy) is 1. The molecule has 1 saturated heterocycles. The largest absolute Gasteiger partial charge is 0.391 e. The van der Waals surface area contributed by atoms with Crippen LogP contribution in [0.5, 0.6) is 0 Å². The Hall–Kier alpha value is -1.44. The minimum absolute atomic E-state index is 0.195. The summed E-state index contributed by atoms with van der Waals surface area (Å²) in [6.45, 7) is 3.09. The van der Waals surface area contributed by atoms with Gasteiger partial charge in [-0.15, -0.1) is 0 Å². The van der Waals surface area contributed by atoms with Crippen LogP contribution < -0.4 is 11.2 Å². The number of hydrogen-bond donors (Lipinski definition) is 3. The number of aryl methyl sites for hydroxylation is 1. The third kappa shape index (κ3) is 2.24. The fourth-order valence-corrected chi connectivity index (χ4v) is 2.08. The molecule has 4 atom stereocenters. The van der Waals surface area contributed by atoms with Gasteiger partial charge in [-0.2, -0.15) is 0 Å². The zero-order valence-corrected chi connectivity index (χ0v) is 10.2. The lowest BCUT2D eigenvalue weighted by Gasteiger charge is -2.18. The molecule has 2 rings (SSSR count). The van der Waals surface area contributed by atoms with Crippen LogP contribution in [0.2, 0.25) is 0 Å². The van der Waals surface area contributed by atoms with Crippen molar-refractivity contribution in [2.24, 2.45) is 0 Å². The minimum Gasteiger partial charge on any atom is -0.391 e. The molecule has 7 heteroatoms. The van der Waals surface area contributed by atoms with Crippen molar-refractivity contribution in [3.63, 3.8) is 0 Å². The van der Waals surface area contributed by atoms with Gasteiger partial charge in [-0.1, -0.05) is 0 Å². The molecule has 1 aliphatic rings. The number of aliphatic hydroxyl groups excluding tert-OH is 2. The molecular weight excluding hydrogens is 240 g/mol. The highest BCUT2D eigenvalue weighted by atomic mass is 16.5. The number of nitrogens with zero attached hydrogens (tertiary/aromatic N) is 1. The SMILES string of the molecule is Cc1cn([C@H]2CC(O)[C@@H]([C@@H](C)O)O2)c(=O)[nH]c1=O. The Bertz CT molecular complexity index is 547. The van der Waals surface area contributed by atoms with E-state index in [1.807, 2.05) is 0 Å². The number of hydrogen-bond acceptors (Lipinski definition) is 5. The van der Waals surface area contributed by atoms with Gasteiger partial charge in [0.1, 0.15) is 12.3 Å². The highest BCUT2D eigenvalue weighted by molar-refractivity contribution is 5.02. The van der Waals surface area contributed by atoms with Crippen molar-refractivity contribution in [2.75, 3.05) is 0 Å². The summed E-state index contributed by atoms with van der Waals surface area (Å²) in [6.07, 6.45) is -1.49. The number of nitrogens with one attached hydrogen (secondary N) is 1. The summed E-state index contributed by atoms with van der Waals surface area (Å²) in [5.41, 5.74) is -0.649. The molecule has 1 aliphatic heterocycles. The van der Waals surface area contributed by atoms with E-state index in [4.69, 9.17) is 4.74 Å². The number of rotatable bonds is 2. The fraction of sp³-hybridized carbons (Fsp3) is 0.636. The summed E-state index contributed by atoms with van der Waals surface area (Å²) in [5, 5.41) is 19.2. The molecule has 1 aromatic rings. The van der Waals surface area contributed by atoms with Crippen LogP contribution in [-0.2, 0) is 4.74 Å². The first-order chi connectivity index (χ1) is 8.40. The second kappa shape index (κ2) is 4.68. The Kier molecular flexibility index (Phi) is 3.38. The van der Waals surface area contributed by atoms with Crippen LogP contribution in [0.15, 0.2) is 15.8 Å². The summed E-state index contributed by atoms with van der Waals surface area (Å²) < 4.78 is 6.66. The van der Waals surface area contributed by atoms with Crippen LogP contribution in [0.1, 0.15) is 25.1 Å². The molecule has 1 aromatic heterocycles. The van der Waals surface area contributed by atoms with E-state index in [1.165, 1.54) is 17.7 Å². The summed E-state index contributed by atoms with van der Waals surface area (Å²) in [6, 6.07) is 0. The number of aromatic amines is 1. The van der Waals surface area contributed by atoms with Crippen molar-refractivity contribution < 1.29 is 14.9 Å². The summed E-state index contributed by atoms with van der Waals surface area (Å²) >= 11 is 0. The lowest BCUT2D eigenvalue weighted by molar-refractivity contribution is -0.0771. The first kappa shape index (κ1) is 13.0. The highest BCUT2D eigenvalue weighted by Gasteiger charge is 2.38. The zero-order valence-electron chi connectivity index (χ0n) is 10.2. The zero-order chi connectivity index (χ0) is 13.4. The van der Waals surface area contributed by atoms with E-state index < -0.39 is 35.8 Å². The van der Waals surface area contributed by atoms with E-state index in [1.54, 1.807) is 6.92 Å². The molecular formula is C11H16N2O5. The molecule has 0 aliphatic carbocycles. The topological polar surface area (TPSA) is 105 Å². The molecule has 0 saturated carbocycles. The summed E-state index contributed by atoms with van der Waals surface area (Å²) in [5.74, 6) is 0. The van der Waals surface area contributed by atoms with Gasteiger partial charge in [-0.25, -0.2) is 4.79 Å². The number of aromatic nitrogens is 2. The van der Waals surface area contributed by atoms with E-state index in [9.17, 15) is 19.8 Å².